The maximum Gasteiger partial charge on any atom is 0.356 e. The second kappa shape index (κ2) is 11.1. The zero-order chi connectivity index (χ0) is 29.4. The highest BCUT2D eigenvalue weighted by molar-refractivity contribution is 5.76. The van der Waals surface area contributed by atoms with E-state index >= 15 is 0 Å². The highest BCUT2D eigenvalue weighted by Crippen LogP contribution is 2.32. The van der Waals surface area contributed by atoms with E-state index < -0.39 is 0 Å². The molecule has 0 fully saturated rings. The van der Waals surface area contributed by atoms with Crippen LogP contribution in [-0.4, -0.2) is 10.1 Å². The first-order valence-corrected chi connectivity index (χ1v) is 14.9. The van der Waals surface area contributed by atoms with E-state index in [1.165, 1.54) is 38.9 Å². The lowest BCUT2D eigenvalue weighted by Gasteiger charge is -2.20. The van der Waals surface area contributed by atoms with Gasteiger partial charge in [-0.05, 0) is 92.9 Å². The molecule has 210 valence electrons. The fraction of sp³-hybridized carbons (Fsp3) is 0.316. The van der Waals surface area contributed by atoms with Crippen molar-refractivity contribution in [2.24, 2.45) is 0 Å². The summed E-state index contributed by atoms with van der Waals surface area (Å²) in [5, 5.41) is 3.63. The zero-order valence-corrected chi connectivity index (χ0v) is 26.0. The van der Waals surface area contributed by atoms with Gasteiger partial charge in [0.2, 0.25) is 0 Å². The topological polar surface area (TPSA) is 32.6 Å². The van der Waals surface area contributed by atoms with E-state index in [9.17, 15) is 0 Å². The first-order valence-electron chi connectivity index (χ1n) is 14.9. The number of H-pyrrole nitrogens is 1. The van der Waals surface area contributed by atoms with E-state index in [1.807, 2.05) is 0 Å². The maximum atomic E-state index is 5.07. The van der Waals surface area contributed by atoms with Gasteiger partial charge in [-0.1, -0.05) is 115 Å². The van der Waals surface area contributed by atoms with Crippen LogP contribution in [0.25, 0.3) is 39.3 Å². The van der Waals surface area contributed by atoms with Crippen molar-refractivity contribution in [1.82, 2.24) is 10.1 Å². The molecule has 41 heavy (non-hydrogen) atoms. The van der Waals surface area contributed by atoms with Gasteiger partial charge in [0, 0.05) is 6.42 Å². The van der Waals surface area contributed by atoms with Gasteiger partial charge in [0.15, 0.2) is 5.69 Å². The van der Waals surface area contributed by atoms with Gasteiger partial charge in [-0.15, -0.1) is 4.68 Å². The van der Waals surface area contributed by atoms with Gasteiger partial charge in [0.1, 0.15) is 0 Å². The molecule has 0 bridgehead atoms. The number of aromatic amines is 1. The summed E-state index contributed by atoms with van der Waals surface area (Å²) in [7, 11) is 0. The Kier molecular flexibility index (Phi) is 7.74. The summed E-state index contributed by atoms with van der Waals surface area (Å²) in [6, 6.07) is 33.6. The normalized spacial score (nSPS) is 12.1. The molecular formula is C38H44N3+. The van der Waals surface area contributed by atoms with Gasteiger partial charge in [0.05, 0.1) is 5.56 Å². The molecule has 1 N–H and O–H groups in total. The van der Waals surface area contributed by atoms with Crippen LogP contribution in [0.15, 0.2) is 91.0 Å². The van der Waals surface area contributed by atoms with Crippen LogP contribution in [0.2, 0.25) is 0 Å². The summed E-state index contributed by atoms with van der Waals surface area (Å²) in [5.74, 6) is 1.93. The fourth-order valence-electron chi connectivity index (χ4n) is 5.22. The third-order valence-corrected chi connectivity index (χ3v) is 7.83. The van der Waals surface area contributed by atoms with Crippen molar-refractivity contribution in [1.29, 1.82) is 0 Å². The average molecular weight is 543 g/mol. The van der Waals surface area contributed by atoms with E-state index in [0.717, 1.165) is 35.7 Å². The number of hydrogen-bond acceptors (Lipinski definition) is 1. The number of nitrogens with zero attached hydrogens (tertiary/aromatic N) is 2. The Morgan fingerprint density at radius 3 is 1.51 bits per heavy atom. The Morgan fingerprint density at radius 1 is 0.610 bits per heavy atom. The Hall–Kier alpha value is -3.98. The third-order valence-electron chi connectivity index (χ3n) is 7.83. The standard InChI is InChI=1S/C38H43N3/c1-9-10-35-39-36(29-13-11-26(2)12-14-29)41(40-35)34-24-30(27-15-19-32(20-16-27)37(3,4)5)23-31(25-34)28-17-21-33(22-18-28)38(6,7)8/h11-25H,9-10H2,1-8H3/p+1. The van der Waals surface area contributed by atoms with Crippen molar-refractivity contribution in [3.8, 4) is 39.3 Å². The Morgan fingerprint density at radius 2 is 1.07 bits per heavy atom. The van der Waals surface area contributed by atoms with Gasteiger partial charge >= 0.3 is 5.82 Å². The molecule has 0 aliphatic carbocycles. The fourth-order valence-corrected chi connectivity index (χ4v) is 5.22. The molecule has 4 aromatic carbocycles. The monoisotopic (exact) mass is 542 g/mol. The molecule has 0 amide bonds. The summed E-state index contributed by atoms with van der Waals surface area (Å²) in [6.07, 6.45) is 1.94. The Balaban J connectivity index is 1.69. The largest absolute Gasteiger partial charge is 0.356 e. The third kappa shape index (κ3) is 6.35. The molecule has 0 saturated carbocycles. The van der Waals surface area contributed by atoms with Crippen LogP contribution in [0.1, 0.15) is 77.4 Å². The van der Waals surface area contributed by atoms with Crippen LogP contribution < -0.4 is 4.68 Å². The summed E-state index contributed by atoms with van der Waals surface area (Å²) < 4.78 is 2.16. The highest BCUT2D eigenvalue weighted by atomic mass is 15.4. The van der Waals surface area contributed by atoms with Gasteiger partial charge < -0.3 is 0 Å². The number of aryl methyl sites for hydroxylation is 2. The van der Waals surface area contributed by atoms with E-state index in [-0.39, 0.29) is 10.8 Å². The van der Waals surface area contributed by atoms with Crippen LogP contribution in [0.3, 0.4) is 0 Å². The Labute approximate surface area is 246 Å². The minimum Gasteiger partial charge on any atom is -0.185 e. The first kappa shape index (κ1) is 28.5. The van der Waals surface area contributed by atoms with Gasteiger partial charge in [-0.3, -0.25) is 0 Å². The smallest absolute Gasteiger partial charge is 0.185 e. The van der Waals surface area contributed by atoms with Crippen LogP contribution in [0.4, 0.5) is 0 Å². The lowest BCUT2D eigenvalue weighted by Crippen LogP contribution is -2.35. The van der Waals surface area contributed by atoms with E-state index in [4.69, 9.17) is 4.98 Å². The van der Waals surface area contributed by atoms with Crippen molar-refractivity contribution in [3.05, 3.63) is 114 Å². The quantitative estimate of drug-likeness (QED) is 0.213. The second-order valence-electron chi connectivity index (χ2n) is 13.4. The molecule has 0 aliphatic rings. The summed E-state index contributed by atoms with van der Waals surface area (Å²) in [6.45, 7) is 17.9. The first-order chi connectivity index (χ1) is 19.4. The molecule has 0 unspecified atom stereocenters. The summed E-state index contributed by atoms with van der Waals surface area (Å²) in [4.78, 5) is 5.07. The van der Waals surface area contributed by atoms with Crippen molar-refractivity contribution in [2.75, 3.05) is 0 Å². The van der Waals surface area contributed by atoms with Crippen LogP contribution in [-0.2, 0) is 17.3 Å². The molecule has 5 rings (SSSR count). The van der Waals surface area contributed by atoms with Crippen LogP contribution in [0, 0.1) is 6.92 Å². The van der Waals surface area contributed by atoms with E-state index in [0.29, 0.717) is 0 Å². The molecule has 0 spiro atoms. The van der Waals surface area contributed by atoms with Gasteiger partial charge in [-0.2, -0.15) is 5.10 Å². The minimum atomic E-state index is 0.116. The molecule has 0 atom stereocenters. The van der Waals surface area contributed by atoms with Crippen molar-refractivity contribution < 1.29 is 4.68 Å². The van der Waals surface area contributed by atoms with Gasteiger partial charge in [-0.25, -0.2) is 0 Å². The molecule has 0 saturated heterocycles. The predicted molar refractivity (Wildman–Crippen MR) is 173 cm³/mol. The van der Waals surface area contributed by atoms with Crippen molar-refractivity contribution in [3.63, 3.8) is 0 Å². The van der Waals surface area contributed by atoms with Crippen molar-refractivity contribution >= 4 is 0 Å². The maximum absolute atomic E-state index is 5.07. The minimum absolute atomic E-state index is 0.116. The summed E-state index contributed by atoms with van der Waals surface area (Å²) in [5.41, 5.74) is 11.1. The molecule has 3 heteroatoms. The number of benzene rings is 4. The van der Waals surface area contributed by atoms with Crippen molar-refractivity contribution in [2.45, 2.75) is 79.1 Å². The number of hydrogen-bond donors (Lipinski definition) is 1. The Bertz CT molecular complexity index is 1550. The zero-order valence-electron chi connectivity index (χ0n) is 26.0. The highest BCUT2D eigenvalue weighted by Gasteiger charge is 2.24. The number of rotatable bonds is 6. The molecule has 0 radical (unpaired) electrons. The summed E-state index contributed by atoms with van der Waals surface area (Å²) >= 11 is 0. The SMILES string of the molecule is CCCc1nc(-c2ccc(C)cc2)[n+](-c2cc(-c3ccc(C(C)(C)C)cc3)cc(-c3ccc(C(C)(C)C)cc3)c2)[nH]1. The van der Waals surface area contributed by atoms with Crippen LogP contribution in [0.5, 0.6) is 0 Å². The number of aromatic nitrogens is 3. The average Bonchev–Trinajstić information content (AvgIpc) is 3.36. The molecule has 5 aromatic rings. The number of nitrogens with one attached hydrogen (secondary N) is 1. The molecule has 1 heterocycles. The lowest BCUT2D eigenvalue weighted by atomic mass is 9.85. The molecule has 3 nitrogen and oxygen atoms in total. The second-order valence-corrected chi connectivity index (χ2v) is 13.4. The molecule has 1 aromatic heterocycles. The van der Waals surface area contributed by atoms with E-state index in [2.05, 4.69) is 156 Å². The van der Waals surface area contributed by atoms with Crippen LogP contribution >= 0.6 is 0 Å². The molecular weight excluding hydrogens is 498 g/mol. The predicted octanol–water partition coefficient (Wildman–Crippen LogP) is 9.54. The molecule has 0 aliphatic heterocycles. The van der Waals surface area contributed by atoms with E-state index in [1.54, 1.807) is 0 Å². The van der Waals surface area contributed by atoms with Gasteiger partial charge in [0.25, 0.3) is 5.82 Å². The lowest BCUT2D eigenvalue weighted by molar-refractivity contribution is -0.646.